The van der Waals surface area contributed by atoms with Crippen LogP contribution in [0.1, 0.15) is 25.0 Å². The number of fused-ring (bicyclic) bond motifs is 1. The summed E-state index contributed by atoms with van der Waals surface area (Å²) in [5.74, 6) is 0.351. The van der Waals surface area contributed by atoms with Crippen molar-refractivity contribution in [2.75, 3.05) is 18.4 Å². The summed E-state index contributed by atoms with van der Waals surface area (Å²) in [6.07, 6.45) is 0. The van der Waals surface area contributed by atoms with Gasteiger partial charge in [-0.2, -0.15) is 5.10 Å². The number of anilines is 1. The van der Waals surface area contributed by atoms with Crippen LogP contribution < -0.4 is 15.2 Å². The summed E-state index contributed by atoms with van der Waals surface area (Å²) in [7, 11) is -2.41. The van der Waals surface area contributed by atoms with E-state index in [9.17, 15) is 13.2 Å². The molecule has 0 radical (unpaired) electrons. The topological polar surface area (TPSA) is 120 Å². The Kier molecular flexibility index (Phi) is 8.24. The third-order valence-electron chi connectivity index (χ3n) is 5.96. The molecule has 0 unspecified atom stereocenters. The molecule has 1 amide bonds. The van der Waals surface area contributed by atoms with Crippen LogP contribution in [-0.2, 0) is 27.9 Å². The lowest BCUT2D eigenvalue weighted by molar-refractivity contribution is -0.135. The summed E-state index contributed by atoms with van der Waals surface area (Å²) in [5, 5.41) is 5.11. The number of thiophene rings is 1. The fourth-order valence-corrected chi connectivity index (χ4v) is 6.69. The van der Waals surface area contributed by atoms with Gasteiger partial charge in [0.15, 0.2) is 5.82 Å². The van der Waals surface area contributed by atoms with Gasteiger partial charge in [0.1, 0.15) is 9.96 Å². The molecule has 0 atom stereocenters. The average molecular weight is 597 g/mol. The lowest BCUT2D eigenvalue weighted by Crippen LogP contribution is -2.40. The number of aromatic nitrogens is 2. The molecule has 202 valence electrons. The summed E-state index contributed by atoms with van der Waals surface area (Å²) in [4.78, 5) is 12.6. The number of hydrogen-bond acceptors (Lipinski definition) is 7. The summed E-state index contributed by atoms with van der Waals surface area (Å²) in [6.45, 7) is 4.19. The van der Waals surface area contributed by atoms with E-state index in [4.69, 9.17) is 33.8 Å². The first kappa shape index (κ1) is 28.2. The molecule has 4 rings (SSSR count). The highest BCUT2D eigenvalue weighted by Gasteiger charge is 2.30. The molecule has 0 aliphatic rings. The van der Waals surface area contributed by atoms with Gasteiger partial charge in [-0.25, -0.2) is 12.8 Å². The first-order valence-electron chi connectivity index (χ1n) is 11.5. The number of nitrogens with two attached hydrogens (primary N) is 1. The molecule has 0 aliphatic heterocycles. The molecule has 0 fully saturated rings. The van der Waals surface area contributed by atoms with Gasteiger partial charge in [0.25, 0.3) is 10.0 Å². The minimum absolute atomic E-state index is 0.0748. The summed E-state index contributed by atoms with van der Waals surface area (Å²) in [6, 6.07) is 15.9. The smallest absolute Gasteiger partial charge is 0.272 e. The highest BCUT2D eigenvalue weighted by molar-refractivity contribution is 7.94. The zero-order valence-corrected chi connectivity index (χ0v) is 24.1. The molecule has 0 saturated heterocycles. The Morgan fingerprint density at radius 1 is 1.18 bits per heavy atom. The Bertz CT molecular complexity index is 1580. The molecule has 3 N–H and O–H groups in total. The molecule has 2 aromatic heterocycles. The Hall–Kier alpha value is -2.83. The molecule has 2 aromatic carbocycles. The zero-order valence-electron chi connectivity index (χ0n) is 20.9. The monoisotopic (exact) mass is 595 g/mol. The molecule has 38 heavy (non-hydrogen) atoms. The van der Waals surface area contributed by atoms with E-state index in [2.05, 4.69) is 9.82 Å². The van der Waals surface area contributed by atoms with Crippen molar-refractivity contribution in [3.63, 3.8) is 0 Å². The lowest BCUT2D eigenvalue weighted by atomic mass is 9.92. The van der Waals surface area contributed by atoms with Crippen LogP contribution in [0.5, 0.6) is 5.75 Å². The molecular weight excluding hydrogens is 569 g/mol. The van der Waals surface area contributed by atoms with Crippen molar-refractivity contribution in [1.82, 2.24) is 14.2 Å². The number of hydrogen-bond donors (Lipinski definition) is 2. The molecular formula is C25H27Cl2N5O4S2. The van der Waals surface area contributed by atoms with E-state index >= 15 is 0 Å². The van der Waals surface area contributed by atoms with Crippen molar-refractivity contribution in [3.05, 3.63) is 70.1 Å². The maximum Gasteiger partial charge on any atom is 0.272 e. The second-order valence-electron chi connectivity index (χ2n) is 9.26. The van der Waals surface area contributed by atoms with Gasteiger partial charge in [-0.3, -0.25) is 14.2 Å². The number of nitrogens with zero attached hydrogens (tertiary/aromatic N) is 3. The summed E-state index contributed by atoms with van der Waals surface area (Å²) < 4.78 is 37.4. The predicted octanol–water partition coefficient (Wildman–Crippen LogP) is 5.08. The first-order valence-corrected chi connectivity index (χ1v) is 14.5. The summed E-state index contributed by atoms with van der Waals surface area (Å²) in [5.41, 5.74) is 7.32. The average Bonchev–Trinajstić information content (AvgIpc) is 3.47. The highest BCUT2D eigenvalue weighted by Crippen LogP contribution is 2.35. The van der Waals surface area contributed by atoms with E-state index in [1.54, 1.807) is 24.6 Å². The van der Waals surface area contributed by atoms with Gasteiger partial charge in [0.05, 0.1) is 40.9 Å². The number of amides is 1. The number of halogens is 2. The fraction of sp³-hybridized carbons (Fsp3) is 0.280. The molecule has 2 heterocycles. The van der Waals surface area contributed by atoms with Crippen LogP contribution in [0.2, 0.25) is 4.34 Å². The minimum atomic E-state index is -3.92. The number of nitrogens with one attached hydrogen (secondary N) is 1. The van der Waals surface area contributed by atoms with Crippen molar-refractivity contribution in [2.24, 2.45) is 11.1 Å². The number of sulfonamides is 1. The highest BCUT2D eigenvalue weighted by atomic mass is 35.5. The van der Waals surface area contributed by atoms with Gasteiger partial charge in [-0.05, 0) is 49.2 Å². The molecule has 0 saturated carbocycles. The normalized spacial score (nSPS) is 12.1. The molecule has 0 bridgehead atoms. The van der Waals surface area contributed by atoms with Gasteiger partial charge in [-0.1, -0.05) is 41.9 Å². The second-order valence-corrected chi connectivity index (χ2v) is 13.3. The van der Waals surface area contributed by atoms with Crippen molar-refractivity contribution in [2.45, 2.75) is 31.1 Å². The van der Waals surface area contributed by atoms with Crippen molar-refractivity contribution in [1.29, 1.82) is 0 Å². The number of ether oxygens (including phenoxy) is 1. The molecule has 0 spiro atoms. The lowest BCUT2D eigenvalue weighted by Gasteiger charge is -2.26. The number of benzene rings is 2. The predicted molar refractivity (Wildman–Crippen MR) is 151 cm³/mol. The van der Waals surface area contributed by atoms with Crippen LogP contribution in [0, 0.1) is 5.41 Å². The second kappa shape index (κ2) is 11.1. The Morgan fingerprint density at radius 3 is 2.55 bits per heavy atom. The maximum absolute atomic E-state index is 13.0. The minimum Gasteiger partial charge on any atom is -0.496 e. The van der Waals surface area contributed by atoms with E-state index in [0.29, 0.717) is 27.5 Å². The standard InChI is InChI=1S/C25H27Cl2N5O4S2/c1-25(2,15-28)24(33)31(27)13-16-6-4-7-17(12-16)14-32-18-8-5-9-19(36-3)22(18)23(29-32)30-38(34,35)21-11-10-20(26)37-21/h4-12H,13-15,28H2,1-3H3,(H,29,30). The van der Waals surface area contributed by atoms with Crippen LogP contribution in [0.3, 0.4) is 0 Å². The van der Waals surface area contributed by atoms with Crippen LogP contribution in [-0.4, -0.2) is 42.2 Å². The fourth-order valence-electron chi connectivity index (χ4n) is 3.83. The maximum atomic E-state index is 13.0. The van der Waals surface area contributed by atoms with Crippen molar-refractivity contribution < 1.29 is 17.9 Å². The van der Waals surface area contributed by atoms with E-state index in [1.807, 2.05) is 36.4 Å². The summed E-state index contributed by atoms with van der Waals surface area (Å²) >= 11 is 13.2. The number of carbonyl (C=O) groups excluding carboxylic acids is 1. The van der Waals surface area contributed by atoms with Gasteiger partial charge < -0.3 is 10.5 Å². The Labute approximate surface area is 235 Å². The molecule has 9 nitrogen and oxygen atoms in total. The molecule has 4 aromatic rings. The van der Waals surface area contributed by atoms with Crippen molar-refractivity contribution in [3.8, 4) is 5.75 Å². The van der Waals surface area contributed by atoms with E-state index in [1.165, 1.54) is 19.2 Å². The van der Waals surface area contributed by atoms with E-state index in [0.717, 1.165) is 26.9 Å². The SMILES string of the molecule is COc1cccc2c1c(NS(=O)(=O)c1ccc(Cl)s1)nn2Cc1cccc(CN(Cl)C(=O)C(C)(C)CN)c1. The van der Waals surface area contributed by atoms with Crippen molar-refractivity contribution >= 4 is 67.4 Å². The number of carbonyl (C=O) groups is 1. The van der Waals surface area contributed by atoms with Gasteiger partial charge in [0.2, 0.25) is 5.91 Å². The van der Waals surface area contributed by atoms with Crippen LogP contribution >= 0.6 is 34.7 Å². The quantitative estimate of drug-likeness (QED) is 0.247. The van der Waals surface area contributed by atoms with E-state index < -0.39 is 15.4 Å². The number of methoxy groups -OCH3 is 1. The Morgan fingerprint density at radius 2 is 1.89 bits per heavy atom. The van der Waals surface area contributed by atoms with Crippen LogP contribution in [0.4, 0.5) is 5.82 Å². The molecule has 13 heteroatoms. The third-order valence-corrected chi connectivity index (χ3v) is 9.29. The zero-order chi connectivity index (χ0) is 27.7. The van der Waals surface area contributed by atoms with Gasteiger partial charge >= 0.3 is 0 Å². The van der Waals surface area contributed by atoms with Crippen LogP contribution in [0.15, 0.2) is 58.8 Å². The molecule has 0 aliphatic carbocycles. The first-order chi connectivity index (χ1) is 17.9. The van der Waals surface area contributed by atoms with E-state index in [-0.39, 0.29) is 29.0 Å². The Balaban J connectivity index is 1.65. The van der Waals surface area contributed by atoms with Crippen LogP contribution in [0.25, 0.3) is 10.9 Å². The van der Waals surface area contributed by atoms with Gasteiger partial charge in [-0.15, -0.1) is 11.3 Å². The largest absolute Gasteiger partial charge is 0.496 e. The third kappa shape index (κ3) is 5.92. The number of rotatable bonds is 10. The van der Waals surface area contributed by atoms with Gasteiger partial charge in [0, 0.05) is 18.3 Å².